The number of carbonyl (C=O) groups excluding carboxylic acids is 1. The second kappa shape index (κ2) is 20.0. The van der Waals surface area contributed by atoms with E-state index in [1.165, 1.54) is 17.7 Å². The summed E-state index contributed by atoms with van der Waals surface area (Å²) >= 11 is 8.49. The lowest BCUT2D eigenvalue weighted by Crippen LogP contribution is -2.45. The molecule has 0 N–H and O–H groups in total. The number of likely N-dealkylation sites (N-methyl/N-ethyl adjacent to an activating group) is 1. The number of aromatic nitrogens is 4. The number of halogens is 1. The van der Waals surface area contributed by atoms with Crippen LogP contribution in [0.15, 0.2) is 55.0 Å². The van der Waals surface area contributed by atoms with Crippen LogP contribution in [-0.2, 0) is 29.1 Å². The summed E-state index contributed by atoms with van der Waals surface area (Å²) in [6, 6.07) is 13.5. The molecule has 0 bridgehead atoms. The number of fused-ring (bicyclic) bond motifs is 1. The minimum Gasteiger partial charge on any atom is -0.491 e. The monoisotopic (exact) mass is 798 g/mol. The number of thiophene rings is 1. The van der Waals surface area contributed by atoms with Crippen LogP contribution >= 0.6 is 22.9 Å². The molecule has 0 radical (unpaired) electrons. The third-order valence-corrected chi connectivity index (χ3v) is 11.3. The lowest BCUT2D eigenvalue weighted by atomic mass is 9.98. The van der Waals surface area contributed by atoms with Crippen molar-refractivity contribution in [3.05, 3.63) is 81.7 Å². The molecule has 1 aliphatic rings. The van der Waals surface area contributed by atoms with E-state index in [1.807, 2.05) is 61.0 Å². The molecule has 1 atom stereocenters. The normalized spacial score (nSPS) is 14.0. The van der Waals surface area contributed by atoms with E-state index in [0.717, 1.165) is 84.9 Å². The van der Waals surface area contributed by atoms with Gasteiger partial charge in [-0.25, -0.2) is 14.8 Å². The molecular formula is C43H51ClN6O5S. The third-order valence-electron chi connectivity index (χ3n) is 9.80. The molecule has 4 heterocycles. The van der Waals surface area contributed by atoms with Crippen LogP contribution in [0.5, 0.6) is 17.4 Å². The smallest absolute Gasteiger partial charge is 0.347 e. The van der Waals surface area contributed by atoms with Crippen LogP contribution in [-0.4, -0.2) is 94.6 Å². The molecular weight excluding hydrogens is 748 g/mol. The summed E-state index contributed by atoms with van der Waals surface area (Å²) in [6.45, 7) is 14.8. The zero-order chi connectivity index (χ0) is 39.4. The van der Waals surface area contributed by atoms with Crippen LogP contribution in [0.3, 0.4) is 0 Å². The van der Waals surface area contributed by atoms with Gasteiger partial charge in [0.2, 0.25) is 12.0 Å². The van der Waals surface area contributed by atoms with E-state index in [-0.39, 0.29) is 18.9 Å². The van der Waals surface area contributed by atoms with Crippen LogP contribution in [0.1, 0.15) is 61.7 Å². The summed E-state index contributed by atoms with van der Waals surface area (Å²) in [5, 5.41) is 5.65. The van der Waals surface area contributed by atoms with Gasteiger partial charge in [0.15, 0.2) is 0 Å². The minimum atomic E-state index is -1.04. The average molecular weight is 799 g/mol. The molecule has 56 heavy (non-hydrogen) atoms. The molecule has 1 aliphatic heterocycles. The molecule has 0 saturated carbocycles. The highest BCUT2D eigenvalue weighted by atomic mass is 35.5. The second-order valence-corrected chi connectivity index (χ2v) is 15.1. The molecule has 5 aromatic rings. The topological polar surface area (TPSA) is 104 Å². The SMILES string of the molecule is CCC#Cc1sc2ncnc(O[C@H](Cc3ccccc3OCc3ccnn3CCCC)C(=O)OCC)c2c1-c1ccc(OCCN2CCN(C)CC2)c(Cl)c1C. The zero-order valence-corrected chi connectivity index (χ0v) is 34.5. The first-order valence-electron chi connectivity index (χ1n) is 19.4. The van der Waals surface area contributed by atoms with Crippen LogP contribution < -0.4 is 14.2 Å². The van der Waals surface area contributed by atoms with Crippen molar-refractivity contribution < 1.29 is 23.7 Å². The number of esters is 1. The number of para-hydroxylation sites is 1. The zero-order valence-electron chi connectivity index (χ0n) is 33.0. The van der Waals surface area contributed by atoms with Crippen LogP contribution in [0.25, 0.3) is 21.3 Å². The predicted octanol–water partition coefficient (Wildman–Crippen LogP) is 7.84. The summed E-state index contributed by atoms with van der Waals surface area (Å²) in [7, 11) is 2.15. The second-order valence-electron chi connectivity index (χ2n) is 13.7. The van der Waals surface area contributed by atoms with E-state index in [0.29, 0.717) is 46.4 Å². The first-order chi connectivity index (χ1) is 27.3. The fourth-order valence-electron chi connectivity index (χ4n) is 6.61. The maximum Gasteiger partial charge on any atom is 0.347 e. The largest absolute Gasteiger partial charge is 0.491 e. The molecule has 13 heteroatoms. The van der Waals surface area contributed by atoms with Gasteiger partial charge in [0.25, 0.3) is 0 Å². The van der Waals surface area contributed by atoms with Crippen molar-refractivity contribution in [2.24, 2.45) is 0 Å². The molecule has 2 aromatic carbocycles. The van der Waals surface area contributed by atoms with Gasteiger partial charge >= 0.3 is 5.97 Å². The van der Waals surface area contributed by atoms with Gasteiger partial charge in [-0.3, -0.25) is 9.58 Å². The number of ether oxygens (including phenoxy) is 4. The number of unbranched alkanes of at least 4 members (excludes halogenated alkanes) is 1. The van der Waals surface area contributed by atoms with Crippen molar-refractivity contribution in [2.45, 2.75) is 72.6 Å². The van der Waals surface area contributed by atoms with Crippen LogP contribution in [0, 0.1) is 18.8 Å². The Bertz CT molecular complexity index is 2150. The van der Waals surface area contributed by atoms with Crippen molar-refractivity contribution in [3.63, 3.8) is 0 Å². The Morgan fingerprint density at radius 2 is 1.82 bits per heavy atom. The summed E-state index contributed by atoms with van der Waals surface area (Å²) in [4.78, 5) is 29.1. The minimum absolute atomic E-state index is 0.183. The quantitative estimate of drug-likeness (QED) is 0.0683. The van der Waals surface area contributed by atoms with Crippen molar-refractivity contribution >= 4 is 39.1 Å². The highest BCUT2D eigenvalue weighted by molar-refractivity contribution is 7.19. The maximum absolute atomic E-state index is 13.6. The number of rotatable bonds is 17. The number of nitrogens with zero attached hydrogens (tertiary/aromatic N) is 6. The van der Waals surface area contributed by atoms with Crippen LogP contribution in [0.4, 0.5) is 0 Å². The van der Waals surface area contributed by atoms with E-state index < -0.39 is 12.1 Å². The fourth-order valence-corrected chi connectivity index (χ4v) is 7.85. The van der Waals surface area contributed by atoms with Gasteiger partial charge in [0, 0.05) is 63.9 Å². The summed E-state index contributed by atoms with van der Waals surface area (Å²) < 4.78 is 26.7. The number of carbonyl (C=O) groups is 1. The van der Waals surface area contributed by atoms with Crippen molar-refractivity contribution in [2.75, 3.05) is 53.0 Å². The van der Waals surface area contributed by atoms with Gasteiger partial charge in [0.1, 0.15) is 35.9 Å². The molecule has 0 amide bonds. The Balaban J connectivity index is 1.30. The number of hydrogen-bond donors (Lipinski definition) is 0. The molecule has 0 unspecified atom stereocenters. The van der Waals surface area contributed by atoms with Crippen molar-refractivity contribution in [1.29, 1.82) is 0 Å². The number of piperazine rings is 1. The molecule has 0 spiro atoms. The lowest BCUT2D eigenvalue weighted by molar-refractivity contribution is -0.151. The summed E-state index contributed by atoms with van der Waals surface area (Å²) in [6.07, 6.45) is 5.17. The fraction of sp³-hybridized carbons (Fsp3) is 0.442. The molecule has 296 valence electrons. The van der Waals surface area contributed by atoms with E-state index in [9.17, 15) is 4.79 Å². The van der Waals surface area contributed by atoms with Crippen molar-refractivity contribution in [3.8, 4) is 40.3 Å². The first-order valence-corrected chi connectivity index (χ1v) is 20.6. The Labute approximate surface area is 338 Å². The molecule has 1 saturated heterocycles. The third kappa shape index (κ3) is 10.0. The molecule has 11 nitrogen and oxygen atoms in total. The van der Waals surface area contributed by atoms with Gasteiger partial charge in [-0.1, -0.05) is 68.0 Å². The Morgan fingerprint density at radius 3 is 2.61 bits per heavy atom. The van der Waals surface area contributed by atoms with Gasteiger partial charge in [-0.15, -0.1) is 11.3 Å². The summed E-state index contributed by atoms with van der Waals surface area (Å²) in [5.41, 5.74) is 4.26. The molecule has 6 rings (SSSR count). The van der Waals surface area contributed by atoms with E-state index >= 15 is 0 Å². The standard InChI is InChI=1S/C43H51ClN6O5S/c1-6-9-15-37-38(33-16-17-35(40(44)30(33)4)53-26-25-49-23-21-48(5)22-24-49)39-41(45-29-46-42(39)56-37)55-36(43(51)52-8-3)27-31-13-11-12-14-34(31)54-28-32-18-19-47-50(32)20-10-7-2/h11-14,16-19,29,36H,6-8,10,20-28H2,1-5H3/t36-/m1/s1. The maximum atomic E-state index is 13.6. The number of hydrogen-bond acceptors (Lipinski definition) is 11. The molecule has 0 aliphatic carbocycles. The van der Waals surface area contributed by atoms with Gasteiger partial charge in [0.05, 0.1) is 27.6 Å². The summed E-state index contributed by atoms with van der Waals surface area (Å²) in [5.74, 6) is 7.59. The number of aryl methyl sites for hydroxylation is 1. The van der Waals surface area contributed by atoms with Crippen molar-refractivity contribution in [1.82, 2.24) is 29.5 Å². The van der Waals surface area contributed by atoms with E-state index in [4.69, 9.17) is 30.5 Å². The van der Waals surface area contributed by atoms with Gasteiger partial charge in [-0.05, 0) is 62.2 Å². The molecule has 1 fully saturated rings. The van der Waals surface area contributed by atoms with E-state index in [1.54, 1.807) is 13.1 Å². The van der Waals surface area contributed by atoms with Gasteiger partial charge < -0.3 is 23.8 Å². The predicted molar refractivity (Wildman–Crippen MR) is 222 cm³/mol. The first kappa shape index (κ1) is 41.0. The van der Waals surface area contributed by atoms with Crippen LogP contribution in [0.2, 0.25) is 5.02 Å². The van der Waals surface area contributed by atoms with Gasteiger partial charge in [-0.2, -0.15) is 5.10 Å². The lowest BCUT2D eigenvalue weighted by Gasteiger charge is -2.32. The number of benzene rings is 2. The Morgan fingerprint density at radius 1 is 1.00 bits per heavy atom. The highest BCUT2D eigenvalue weighted by Crippen LogP contribution is 2.45. The molecule has 3 aromatic heterocycles. The Hall–Kier alpha value is -4.67. The highest BCUT2D eigenvalue weighted by Gasteiger charge is 2.29. The average Bonchev–Trinajstić information content (AvgIpc) is 3.82. The van der Waals surface area contributed by atoms with E-state index in [2.05, 4.69) is 50.7 Å². The Kier molecular flexibility index (Phi) is 14.6.